The van der Waals surface area contributed by atoms with Crippen molar-refractivity contribution >= 4 is 23.2 Å². The first-order valence-electron chi connectivity index (χ1n) is 13.6. The lowest BCUT2D eigenvalue weighted by Gasteiger charge is -2.45. The van der Waals surface area contributed by atoms with Crippen LogP contribution in [0.5, 0.6) is 0 Å². The number of benzene rings is 4. The normalized spacial score (nSPS) is 15.9. The molecule has 2 heterocycles. The van der Waals surface area contributed by atoms with Crippen molar-refractivity contribution in [2.75, 3.05) is 23.9 Å². The maximum Gasteiger partial charge on any atom is 0.243 e. The van der Waals surface area contributed by atoms with Gasteiger partial charge in [-0.2, -0.15) is 0 Å². The molecule has 4 aromatic rings. The van der Waals surface area contributed by atoms with Gasteiger partial charge in [0.1, 0.15) is 5.41 Å². The van der Waals surface area contributed by atoms with E-state index in [0.717, 1.165) is 44.8 Å². The van der Waals surface area contributed by atoms with E-state index in [1.165, 1.54) is 22.3 Å². The second-order valence-electron chi connectivity index (χ2n) is 11.6. The summed E-state index contributed by atoms with van der Waals surface area (Å²) in [4.78, 5) is 31.4. The van der Waals surface area contributed by atoms with Crippen LogP contribution in [0.15, 0.2) is 72.8 Å². The van der Waals surface area contributed by atoms with E-state index in [0.29, 0.717) is 12.8 Å². The third-order valence-electron chi connectivity index (χ3n) is 8.40. The van der Waals surface area contributed by atoms with Crippen molar-refractivity contribution in [3.8, 4) is 22.3 Å². The van der Waals surface area contributed by atoms with Gasteiger partial charge in [-0.3, -0.25) is 9.59 Å². The average Bonchev–Trinajstić information content (AvgIpc) is 2.88. The number of carbonyl (C=O) groups is 2. The van der Waals surface area contributed by atoms with Crippen molar-refractivity contribution < 1.29 is 9.59 Å². The Balaban J connectivity index is 1.44. The molecule has 0 unspecified atom stereocenters. The zero-order valence-corrected chi connectivity index (χ0v) is 23.6. The van der Waals surface area contributed by atoms with Crippen LogP contribution in [0.4, 0.5) is 11.4 Å². The van der Waals surface area contributed by atoms with Crippen LogP contribution in [-0.2, 0) is 22.4 Å². The second kappa shape index (κ2) is 8.94. The number of aryl methyl sites for hydroxylation is 4. The number of amides is 2. The monoisotopic (exact) mass is 514 g/mol. The summed E-state index contributed by atoms with van der Waals surface area (Å²) in [6.45, 7) is 8.43. The number of rotatable bonds is 2. The molecule has 6 rings (SSSR count). The van der Waals surface area contributed by atoms with E-state index in [-0.39, 0.29) is 11.8 Å². The fraction of sp³-hybridized carbons (Fsp3) is 0.257. The first-order valence-corrected chi connectivity index (χ1v) is 13.6. The SMILES string of the molecule is Cc1cc(C)cc(-c2ccc3c(c2)CC2(Cc4cc(-c5cc(C)cc(C)c5)ccc4N(C)C2=O)C(=O)N3C)c1. The first kappa shape index (κ1) is 25.1. The third kappa shape index (κ3) is 4.06. The van der Waals surface area contributed by atoms with Gasteiger partial charge in [0.15, 0.2) is 0 Å². The lowest BCUT2D eigenvalue weighted by molar-refractivity contribution is -0.141. The summed E-state index contributed by atoms with van der Waals surface area (Å²) >= 11 is 0. The third-order valence-corrected chi connectivity index (χ3v) is 8.40. The van der Waals surface area contributed by atoms with Gasteiger partial charge in [-0.15, -0.1) is 0 Å². The van der Waals surface area contributed by atoms with Crippen LogP contribution in [0.2, 0.25) is 0 Å². The van der Waals surface area contributed by atoms with Crippen molar-refractivity contribution in [1.82, 2.24) is 0 Å². The second-order valence-corrected chi connectivity index (χ2v) is 11.6. The quantitative estimate of drug-likeness (QED) is 0.271. The van der Waals surface area contributed by atoms with Crippen LogP contribution in [0.3, 0.4) is 0 Å². The van der Waals surface area contributed by atoms with Gasteiger partial charge < -0.3 is 9.80 Å². The Bertz CT molecular complexity index is 1520. The number of hydrogen-bond donors (Lipinski definition) is 0. The maximum absolute atomic E-state index is 14.0. The van der Waals surface area contributed by atoms with Gasteiger partial charge >= 0.3 is 0 Å². The van der Waals surface area contributed by atoms with Crippen molar-refractivity contribution in [3.05, 3.63) is 106 Å². The first-order chi connectivity index (χ1) is 18.6. The van der Waals surface area contributed by atoms with E-state index in [1.54, 1.807) is 23.9 Å². The average molecular weight is 515 g/mol. The molecule has 0 N–H and O–H groups in total. The molecule has 1 spiro atoms. The Morgan fingerprint density at radius 2 is 0.872 bits per heavy atom. The molecule has 0 saturated carbocycles. The molecule has 2 aliphatic heterocycles. The molecule has 0 radical (unpaired) electrons. The molecular formula is C35H34N2O2. The summed E-state index contributed by atoms with van der Waals surface area (Å²) in [7, 11) is 3.60. The van der Waals surface area contributed by atoms with Crippen LogP contribution >= 0.6 is 0 Å². The van der Waals surface area contributed by atoms with Gasteiger partial charge in [0.25, 0.3) is 0 Å². The molecule has 2 aliphatic rings. The van der Waals surface area contributed by atoms with E-state index in [2.05, 4.69) is 88.4 Å². The van der Waals surface area contributed by atoms with Gasteiger partial charge in [-0.25, -0.2) is 0 Å². The summed E-state index contributed by atoms with van der Waals surface area (Å²) < 4.78 is 0. The van der Waals surface area contributed by atoms with Gasteiger partial charge in [0.2, 0.25) is 11.8 Å². The minimum absolute atomic E-state index is 0.131. The van der Waals surface area contributed by atoms with Crippen molar-refractivity contribution in [2.45, 2.75) is 40.5 Å². The largest absolute Gasteiger partial charge is 0.314 e. The predicted octanol–water partition coefficient (Wildman–Crippen LogP) is 6.98. The number of hydrogen-bond acceptors (Lipinski definition) is 2. The summed E-state index contributed by atoms with van der Waals surface area (Å²) in [5, 5.41) is 0. The van der Waals surface area contributed by atoms with Crippen molar-refractivity contribution in [2.24, 2.45) is 5.41 Å². The van der Waals surface area contributed by atoms with Gasteiger partial charge in [-0.05, 0) is 98.2 Å². The molecule has 0 atom stereocenters. The number of anilines is 2. The van der Waals surface area contributed by atoms with Crippen LogP contribution in [0, 0.1) is 33.1 Å². The summed E-state index contributed by atoms with van der Waals surface area (Å²) in [6.07, 6.45) is 0.779. The highest BCUT2D eigenvalue weighted by atomic mass is 16.2. The lowest BCUT2D eigenvalue weighted by Crippen LogP contribution is -2.59. The Labute approximate surface area is 230 Å². The Morgan fingerprint density at radius 1 is 0.513 bits per heavy atom. The van der Waals surface area contributed by atoms with Crippen LogP contribution in [0.1, 0.15) is 33.4 Å². The minimum atomic E-state index is -1.16. The van der Waals surface area contributed by atoms with Crippen LogP contribution in [-0.4, -0.2) is 25.9 Å². The molecule has 39 heavy (non-hydrogen) atoms. The molecule has 196 valence electrons. The molecule has 0 aromatic heterocycles. The van der Waals surface area contributed by atoms with Crippen molar-refractivity contribution in [3.63, 3.8) is 0 Å². The molecule has 4 heteroatoms. The van der Waals surface area contributed by atoms with E-state index >= 15 is 0 Å². The Hall–Kier alpha value is -4.18. The van der Waals surface area contributed by atoms with Gasteiger partial charge in [0.05, 0.1) is 0 Å². The summed E-state index contributed by atoms with van der Waals surface area (Å²) in [5.74, 6) is -0.262. The molecule has 0 bridgehead atoms. The van der Waals surface area contributed by atoms with Gasteiger partial charge in [0, 0.05) is 25.5 Å². The highest BCUT2D eigenvalue weighted by molar-refractivity contribution is 6.19. The highest BCUT2D eigenvalue weighted by Crippen LogP contribution is 2.47. The standard InChI is InChI=1S/C35H34N2O2/c1-21-11-22(2)14-27(13-21)25-7-9-31-29(17-25)19-35(33(38)36(31)5)20-30-18-26(8-10-32(30)37(6)34(35)39)28-15-23(3)12-24(4)16-28/h7-18H,19-20H2,1-6H3. The van der Waals surface area contributed by atoms with E-state index in [9.17, 15) is 9.59 Å². The Morgan fingerprint density at radius 3 is 1.23 bits per heavy atom. The number of nitrogens with zero attached hydrogens (tertiary/aromatic N) is 2. The van der Waals surface area contributed by atoms with E-state index < -0.39 is 5.41 Å². The molecule has 4 aromatic carbocycles. The van der Waals surface area contributed by atoms with Crippen LogP contribution in [0.25, 0.3) is 22.3 Å². The molecule has 0 aliphatic carbocycles. The number of carbonyl (C=O) groups excluding carboxylic acids is 2. The summed E-state index contributed by atoms with van der Waals surface area (Å²) in [5.41, 5.74) is 12.0. The smallest absolute Gasteiger partial charge is 0.243 e. The fourth-order valence-corrected chi connectivity index (χ4v) is 6.72. The molecule has 4 nitrogen and oxygen atoms in total. The highest BCUT2D eigenvalue weighted by Gasteiger charge is 2.54. The van der Waals surface area contributed by atoms with Crippen molar-refractivity contribution in [1.29, 1.82) is 0 Å². The zero-order valence-electron chi connectivity index (χ0n) is 23.6. The molecular weight excluding hydrogens is 480 g/mol. The predicted molar refractivity (Wildman–Crippen MR) is 159 cm³/mol. The maximum atomic E-state index is 14.0. The van der Waals surface area contributed by atoms with E-state index in [4.69, 9.17) is 0 Å². The fourth-order valence-electron chi connectivity index (χ4n) is 6.72. The molecule has 0 fully saturated rings. The Kier molecular flexibility index (Phi) is 5.76. The van der Waals surface area contributed by atoms with Gasteiger partial charge in [-0.1, -0.05) is 70.8 Å². The lowest BCUT2D eigenvalue weighted by atomic mass is 9.69. The zero-order chi connectivity index (χ0) is 27.6. The van der Waals surface area contributed by atoms with Crippen LogP contribution < -0.4 is 9.80 Å². The molecule has 2 amide bonds. The molecule has 0 saturated heterocycles. The number of fused-ring (bicyclic) bond motifs is 2. The topological polar surface area (TPSA) is 40.6 Å². The van der Waals surface area contributed by atoms with E-state index in [1.807, 2.05) is 12.1 Å². The minimum Gasteiger partial charge on any atom is -0.314 e. The summed E-state index contributed by atoms with van der Waals surface area (Å²) in [6, 6.07) is 25.6.